The predicted octanol–water partition coefficient (Wildman–Crippen LogP) is 4.77. The van der Waals surface area contributed by atoms with Gasteiger partial charge in [0.15, 0.2) is 0 Å². The zero-order chi connectivity index (χ0) is 15.8. The van der Waals surface area contributed by atoms with Crippen LogP contribution in [-0.2, 0) is 0 Å². The number of aromatic carboxylic acids is 1. The standard InChI is InChI=1S/C13H11NO2.C4H8S/c1-8(14)11-4-2-3-9-7-10(13(15)16)5-6-12(9)11;1-2-3-4-5/h2-7,14H,1H3,(H,15,16);3-5H,2H2,1H3/b;4-3+. The Morgan fingerprint density at radius 1 is 1.33 bits per heavy atom. The van der Waals surface area contributed by atoms with Crippen LogP contribution in [0, 0.1) is 5.41 Å². The van der Waals surface area contributed by atoms with Gasteiger partial charge in [0.2, 0.25) is 0 Å². The number of hydrogen-bond donors (Lipinski definition) is 3. The van der Waals surface area contributed by atoms with Gasteiger partial charge in [0.1, 0.15) is 0 Å². The van der Waals surface area contributed by atoms with Crippen molar-refractivity contribution in [2.45, 2.75) is 20.3 Å². The SMILES string of the molecule is CC(=N)c1cccc2cc(C(=O)O)ccc12.CC/C=C/S. The molecule has 21 heavy (non-hydrogen) atoms. The van der Waals surface area contributed by atoms with Gasteiger partial charge in [-0.3, -0.25) is 0 Å². The fourth-order valence-electron chi connectivity index (χ4n) is 1.85. The van der Waals surface area contributed by atoms with E-state index in [0.29, 0.717) is 5.71 Å². The van der Waals surface area contributed by atoms with Gasteiger partial charge in [-0.2, -0.15) is 12.6 Å². The summed E-state index contributed by atoms with van der Waals surface area (Å²) in [5.74, 6) is -0.932. The van der Waals surface area contributed by atoms with Gasteiger partial charge in [0.25, 0.3) is 0 Å². The van der Waals surface area contributed by atoms with E-state index < -0.39 is 5.97 Å². The molecule has 0 radical (unpaired) electrons. The molecule has 0 saturated carbocycles. The highest BCUT2D eigenvalue weighted by Gasteiger charge is 2.06. The fraction of sp³-hybridized carbons (Fsp3) is 0.176. The smallest absolute Gasteiger partial charge is 0.335 e. The maximum atomic E-state index is 10.8. The first-order chi connectivity index (χ1) is 10.0. The maximum absolute atomic E-state index is 10.8. The van der Waals surface area contributed by atoms with Gasteiger partial charge >= 0.3 is 5.97 Å². The van der Waals surface area contributed by atoms with E-state index >= 15 is 0 Å². The minimum atomic E-state index is -0.932. The van der Waals surface area contributed by atoms with Crippen LogP contribution in [0.15, 0.2) is 47.9 Å². The molecule has 0 aliphatic carbocycles. The number of fused-ring (bicyclic) bond motifs is 1. The van der Waals surface area contributed by atoms with E-state index in [1.165, 1.54) is 0 Å². The molecule has 2 aromatic rings. The molecule has 3 nitrogen and oxygen atoms in total. The molecule has 110 valence electrons. The Balaban J connectivity index is 0.000000383. The van der Waals surface area contributed by atoms with Crippen molar-refractivity contribution in [2.75, 3.05) is 0 Å². The third-order valence-corrected chi connectivity index (χ3v) is 3.08. The van der Waals surface area contributed by atoms with Crippen LogP contribution in [-0.4, -0.2) is 16.8 Å². The first-order valence-electron chi connectivity index (χ1n) is 6.62. The lowest BCUT2D eigenvalue weighted by molar-refractivity contribution is 0.0697. The first kappa shape index (κ1) is 17.0. The molecule has 0 bridgehead atoms. The Kier molecular flexibility index (Phi) is 6.69. The number of thiol groups is 1. The molecule has 0 aliphatic rings. The number of hydrogen-bond acceptors (Lipinski definition) is 3. The Morgan fingerprint density at radius 3 is 2.52 bits per heavy atom. The van der Waals surface area contributed by atoms with E-state index in [9.17, 15) is 4.79 Å². The fourth-order valence-corrected chi connectivity index (χ4v) is 2.06. The lowest BCUT2D eigenvalue weighted by atomic mass is 10.00. The van der Waals surface area contributed by atoms with Crippen LogP contribution in [0.5, 0.6) is 0 Å². The van der Waals surface area contributed by atoms with E-state index in [1.54, 1.807) is 30.5 Å². The van der Waals surface area contributed by atoms with Crippen molar-refractivity contribution in [2.24, 2.45) is 0 Å². The topological polar surface area (TPSA) is 61.2 Å². The summed E-state index contributed by atoms with van der Waals surface area (Å²) in [5, 5.41) is 20.0. The monoisotopic (exact) mass is 301 g/mol. The molecule has 0 atom stereocenters. The van der Waals surface area contributed by atoms with Crippen molar-refractivity contribution in [3.05, 3.63) is 59.0 Å². The Hall–Kier alpha value is -2.07. The summed E-state index contributed by atoms with van der Waals surface area (Å²) in [5.41, 5.74) is 1.59. The summed E-state index contributed by atoms with van der Waals surface area (Å²) in [4.78, 5) is 10.8. The highest BCUT2D eigenvalue weighted by molar-refractivity contribution is 7.83. The lowest BCUT2D eigenvalue weighted by Crippen LogP contribution is -1.97. The van der Waals surface area contributed by atoms with Crippen LogP contribution in [0.2, 0.25) is 0 Å². The van der Waals surface area contributed by atoms with Crippen LogP contribution < -0.4 is 0 Å². The summed E-state index contributed by atoms with van der Waals surface area (Å²) in [6.45, 7) is 3.80. The van der Waals surface area contributed by atoms with Crippen LogP contribution in [0.25, 0.3) is 10.8 Å². The molecule has 0 fully saturated rings. The Labute approximate surface area is 130 Å². The molecule has 2 N–H and O–H groups in total. The van der Waals surface area contributed by atoms with E-state index in [4.69, 9.17) is 10.5 Å². The third-order valence-electron chi connectivity index (χ3n) is 2.87. The minimum absolute atomic E-state index is 0.271. The van der Waals surface area contributed by atoms with Gasteiger partial charge in [-0.1, -0.05) is 37.3 Å². The zero-order valence-corrected chi connectivity index (χ0v) is 13.0. The van der Waals surface area contributed by atoms with E-state index in [1.807, 2.05) is 24.3 Å². The highest BCUT2D eigenvalue weighted by atomic mass is 32.1. The summed E-state index contributed by atoms with van der Waals surface area (Å²) in [6.07, 6.45) is 3.08. The largest absolute Gasteiger partial charge is 0.478 e. The second-order valence-electron chi connectivity index (χ2n) is 4.46. The molecule has 2 aromatic carbocycles. The van der Waals surface area contributed by atoms with Crippen LogP contribution >= 0.6 is 12.6 Å². The molecule has 2 rings (SSSR count). The van der Waals surface area contributed by atoms with Crippen LogP contribution in [0.1, 0.15) is 36.2 Å². The third kappa shape index (κ3) is 4.76. The summed E-state index contributed by atoms with van der Waals surface area (Å²) < 4.78 is 0. The van der Waals surface area contributed by atoms with Crippen molar-refractivity contribution >= 4 is 35.1 Å². The van der Waals surface area contributed by atoms with E-state index in [-0.39, 0.29) is 5.56 Å². The zero-order valence-electron chi connectivity index (χ0n) is 12.1. The molecule has 4 heteroatoms. The van der Waals surface area contributed by atoms with Crippen molar-refractivity contribution in [1.82, 2.24) is 0 Å². The summed E-state index contributed by atoms with van der Waals surface area (Å²) >= 11 is 3.82. The summed E-state index contributed by atoms with van der Waals surface area (Å²) in [6, 6.07) is 10.5. The van der Waals surface area contributed by atoms with Crippen molar-refractivity contribution in [1.29, 1.82) is 5.41 Å². The summed E-state index contributed by atoms with van der Waals surface area (Å²) in [7, 11) is 0. The normalized spacial score (nSPS) is 10.2. The van der Waals surface area contributed by atoms with Crippen LogP contribution in [0.3, 0.4) is 0 Å². The van der Waals surface area contributed by atoms with E-state index in [2.05, 4.69) is 19.6 Å². The molecule has 0 amide bonds. The second-order valence-corrected chi connectivity index (χ2v) is 4.76. The van der Waals surface area contributed by atoms with Gasteiger partial charge < -0.3 is 10.5 Å². The number of allylic oxidation sites excluding steroid dienone is 1. The predicted molar refractivity (Wildman–Crippen MR) is 91.8 cm³/mol. The van der Waals surface area contributed by atoms with Crippen LogP contribution in [0.4, 0.5) is 0 Å². The average Bonchev–Trinajstić information content (AvgIpc) is 2.47. The van der Waals surface area contributed by atoms with Crippen molar-refractivity contribution in [3.63, 3.8) is 0 Å². The van der Waals surface area contributed by atoms with E-state index in [0.717, 1.165) is 22.8 Å². The number of carboxylic acids is 1. The molecular weight excluding hydrogens is 282 g/mol. The maximum Gasteiger partial charge on any atom is 0.335 e. The van der Waals surface area contributed by atoms with Crippen molar-refractivity contribution in [3.8, 4) is 0 Å². The minimum Gasteiger partial charge on any atom is -0.478 e. The Bertz CT molecular complexity index is 678. The molecule has 0 aromatic heterocycles. The first-order valence-corrected chi connectivity index (χ1v) is 7.13. The van der Waals surface area contributed by atoms with Gasteiger partial charge in [0, 0.05) is 11.3 Å². The molecule has 0 saturated heterocycles. The Morgan fingerprint density at radius 2 is 2.05 bits per heavy atom. The molecule has 0 spiro atoms. The molecule has 0 heterocycles. The van der Waals surface area contributed by atoms with Gasteiger partial charge in [-0.05, 0) is 41.7 Å². The number of rotatable bonds is 3. The van der Waals surface area contributed by atoms with Gasteiger partial charge in [-0.15, -0.1) is 0 Å². The van der Waals surface area contributed by atoms with Gasteiger partial charge in [-0.25, -0.2) is 4.79 Å². The number of nitrogens with one attached hydrogen (secondary N) is 1. The quantitative estimate of drug-likeness (QED) is 0.565. The number of carbonyl (C=O) groups is 1. The lowest BCUT2D eigenvalue weighted by Gasteiger charge is -2.05. The molecular formula is C17H19NO2S. The van der Waals surface area contributed by atoms with Crippen molar-refractivity contribution < 1.29 is 9.90 Å². The molecule has 0 aliphatic heterocycles. The average molecular weight is 301 g/mol. The number of carboxylic acid groups (broad SMARTS) is 1. The second kappa shape index (κ2) is 8.27. The highest BCUT2D eigenvalue weighted by Crippen LogP contribution is 2.20. The number of benzene rings is 2. The molecule has 0 unspecified atom stereocenters. The van der Waals surface area contributed by atoms with Gasteiger partial charge in [0.05, 0.1) is 5.56 Å².